The average molecular weight is 461 g/mol. The Labute approximate surface area is 197 Å². The van der Waals surface area contributed by atoms with Crippen molar-refractivity contribution in [2.75, 3.05) is 26.2 Å². The molecule has 0 aliphatic carbocycles. The lowest BCUT2D eigenvalue weighted by atomic mass is 10.0. The van der Waals surface area contributed by atoms with E-state index in [0.29, 0.717) is 17.9 Å². The first-order chi connectivity index (χ1) is 16.7. The summed E-state index contributed by atoms with van der Waals surface area (Å²) in [5, 5.41) is 12.4. The predicted octanol–water partition coefficient (Wildman–Crippen LogP) is 3.91. The first-order valence-electron chi connectivity index (χ1n) is 11.4. The van der Waals surface area contributed by atoms with Gasteiger partial charge in [-0.2, -0.15) is 0 Å². The summed E-state index contributed by atoms with van der Waals surface area (Å²) < 4.78 is 30.0. The molecule has 5 rings (SSSR count). The van der Waals surface area contributed by atoms with Crippen LogP contribution in [-0.2, 0) is 13.1 Å². The van der Waals surface area contributed by atoms with E-state index >= 15 is 0 Å². The Hall–Kier alpha value is -3.49. The number of benzene rings is 3. The summed E-state index contributed by atoms with van der Waals surface area (Å²) in [6.45, 7) is 4.51. The van der Waals surface area contributed by atoms with Gasteiger partial charge in [0, 0.05) is 38.3 Å². The minimum atomic E-state index is -0.421. The molecule has 0 amide bonds. The molecule has 1 saturated heterocycles. The summed E-state index contributed by atoms with van der Waals surface area (Å²) >= 11 is 0. The molecule has 0 saturated carbocycles. The van der Waals surface area contributed by atoms with Crippen molar-refractivity contribution in [2.24, 2.45) is 0 Å². The van der Waals surface area contributed by atoms with Crippen LogP contribution in [0, 0.1) is 11.6 Å². The summed E-state index contributed by atoms with van der Waals surface area (Å²) in [6, 6.07) is 23.0. The number of aromatic nitrogens is 4. The zero-order chi connectivity index (χ0) is 23.3. The Morgan fingerprint density at radius 2 is 1.41 bits per heavy atom. The highest BCUT2D eigenvalue weighted by molar-refractivity contribution is 5.27. The van der Waals surface area contributed by atoms with Gasteiger partial charge in [0.05, 0.1) is 6.54 Å². The third-order valence-corrected chi connectivity index (χ3v) is 6.27. The second-order valence-electron chi connectivity index (χ2n) is 8.54. The molecule has 3 aromatic carbocycles. The summed E-state index contributed by atoms with van der Waals surface area (Å²) in [6.07, 6.45) is 0. The fourth-order valence-electron chi connectivity index (χ4n) is 4.50. The van der Waals surface area contributed by atoms with Crippen LogP contribution in [-0.4, -0.2) is 56.2 Å². The Bertz CT molecular complexity index is 1200. The molecule has 1 aromatic heterocycles. The van der Waals surface area contributed by atoms with Crippen LogP contribution < -0.4 is 0 Å². The molecule has 6 nitrogen and oxygen atoms in total. The lowest BCUT2D eigenvalue weighted by Crippen LogP contribution is -2.48. The van der Waals surface area contributed by atoms with Gasteiger partial charge in [0.1, 0.15) is 17.7 Å². The monoisotopic (exact) mass is 460 g/mol. The minimum Gasteiger partial charge on any atom is -0.297 e. The van der Waals surface area contributed by atoms with Crippen LogP contribution in [0.25, 0.3) is 0 Å². The van der Waals surface area contributed by atoms with Crippen LogP contribution in [0.5, 0.6) is 0 Å². The van der Waals surface area contributed by atoms with Crippen LogP contribution >= 0.6 is 0 Å². The van der Waals surface area contributed by atoms with E-state index in [-0.39, 0.29) is 11.6 Å². The molecule has 1 unspecified atom stereocenters. The standard InChI is InChI=1S/C26H26F2N6/c27-22-12-10-21(11-13-22)19-34-26(29-30-31-34)25(23-8-4-5-9-24(23)28)33-16-14-32(15-17-33)18-20-6-2-1-3-7-20/h1-13,25H,14-19H2. The van der Waals surface area contributed by atoms with Crippen molar-refractivity contribution < 1.29 is 8.78 Å². The first-order valence-corrected chi connectivity index (χ1v) is 11.4. The van der Waals surface area contributed by atoms with Crippen LogP contribution in [0.15, 0.2) is 78.9 Å². The van der Waals surface area contributed by atoms with Gasteiger partial charge in [-0.15, -0.1) is 5.10 Å². The molecule has 4 aromatic rings. The van der Waals surface area contributed by atoms with Gasteiger partial charge in [-0.25, -0.2) is 13.5 Å². The molecule has 1 atom stereocenters. The SMILES string of the molecule is Fc1ccc(Cn2nnnc2C(c2ccccc2F)N2CCN(Cc3ccccc3)CC2)cc1. The number of rotatable bonds is 7. The van der Waals surface area contributed by atoms with E-state index in [4.69, 9.17) is 0 Å². The van der Waals surface area contributed by atoms with E-state index in [9.17, 15) is 8.78 Å². The van der Waals surface area contributed by atoms with Crippen molar-refractivity contribution in [1.29, 1.82) is 0 Å². The number of nitrogens with zero attached hydrogens (tertiary/aromatic N) is 6. The molecule has 0 radical (unpaired) electrons. The van der Waals surface area contributed by atoms with Gasteiger partial charge in [-0.1, -0.05) is 60.7 Å². The molecule has 174 valence electrons. The van der Waals surface area contributed by atoms with Crippen molar-refractivity contribution in [1.82, 2.24) is 30.0 Å². The largest absolute Gasteiger partial charge is 0.297 e. The highest BCUT2D eigenvalue weighted by Gasteiger charge is 2.32. The molecule has 8 heteroatoms. The van der Waals surface area contributed by atoms with E-state index in [1.807, 2.05) is 12.1 Å². The molecule has 0 N–H and O–H groups in total. The van der Waals surface area contributed by atoms with Crippen molar-refractivity contribution in [3.05, 3.63) is 113 Å². The quantitative estimate of drug-likeness (QED) is 0.419. The second kappa shape index (κ2) is 10.2. The van der Waals surface area contributed by atoms with E-state index in [1.54, 1.807) is 28.9 Å². The molecule has 2 heterocycles. The van der Waals surface area contributed by atoms with Gasteiger partial charge in [0.25, 0.3) is 0 Å². The topological polar surface area (TPSA) is 50.1 Å². The summed E-state index contributed by atoms with van der Waals surface area (Å²) in [4.78, 5) is 4.65. The molecule has 0 spiro atoms. The van der Waals surface area contributed by atoms with E-state index < -0.39 is 6.04 Å². The van der Waals surface area contributed by atoms with E-state index in [2.05, 4.69) is 49.6 Å². The predicted molar refractivity (Wildman–Crippen MR) is 125 cm³/mol. The fourth-order valence-corrected chi connectivity index (χ4v) is 4.50. The smallest absolute Gasteiger partial charge is 0.173 e. The highest BCUT2D eigenvalue weighted by atomic mass is 19.1. The minimum absolute atomic E-state index is 0.282. The van der Waals surface area contributed by atoms with E-state index in [1.165, 1.54) is 23.8 Å². The summed E-state index contributed by atoms with van der Waals surface area (Å²) in [5.41, 5.74) is 2.70. The summed E-state index contributed by atoms with van der Waals surface area (Å²) in [5.74, 6) is -0.000206. The van der Waals surface area contributed by atoms with Gasteiger partial charge in [0.15, 0.2) is 5.82 Å². The number of hydrogen-bond donors (Lipinski definition) is 0. The molecule has 0 bridgehead atoms. The van der Waals surface area contributed by atoms with Gasteiger partial charge in [-0.3, -0.25) is 9.80 Å². The zero-order valence-corrected chi connectivity index (χ0v) is 18.8. The maximum atomic E-state index is 15.0. The van der Waals surface area contributed by atoms with E-state index in [0.717, 1.165) is 38.3 Å². The Balaban J connectivity index is 1.39. The third-order valence-electron chi connectivity index (χ3n) is 6.27. The van der Waals surface area contributed by atoms with Gasteiger partial charge in [0.2, 0.25) is 0 Å². The molecular formula is C26H26F2N6. The van der Waals surface area contributed by atoms with Gasteiger partial charge >= 0.3 is 0 Å². The van der Waals surface area contributed by atoms with Crippen LogP contribution in [0.2, 0.25) is 0 Å². The Morgan fingerprint density at radius 1 is 0.735 bits per heavy atom. The molecule has 1 aliphatic heterocycles. The van der Waals surface area contributed by atoms with Crippen molar-refractivity contribution in [3.63, 3.8) is 0 Å². The van der Waals surface area contributed by atoms with Crippen molar-refractivity contribution in [3.8, 4) is 0 Å². The molecule has 1 aliphatic rings. The average Bonchev–Trinajstić information content (AvgIpc) is 3.31. The fraction of sp³-hybridized carbons (Fsp3) is 0.269. The van der Waals surface area contributed by atoms with Crippen molar-refractivity contribution >= 4 is 0 Å². The maximum absolute atomic E-state index is 15.0. The van der Waals surface area contributed by atoms with Crippen LogP contribution in [0.3, 0.4) is 0 Å². The van der Waals surface area contributed by atoms with Gasteiger partial charge in [-0.05, 0) is 39.8 Å². The normalized spacial score (nSPS) is 15.9. The summed E-state index contributed by atoms with van der Waals surface area (Å²) in [7, 11) is 0. The zero-order valence-electron chi connectivity index (χ0n) is 18.8. The maximum Gasteiger partial charge on any atom is 0.173 e. The molecule has 34 heavy (non-hydrogen) atoms. The lowest BCUT2D eigenvalue weighted by Gasteiger charge is -2.39. The highest BCUT2D eigenvalue weighted by Crippen LogP contribution is 2.30. The van der Waals surface area contributed by atoms with Crippen LogP contribution in [0.4, 0.5) is 8.78 Å². The number of halogens is 2. The van der Waals surface area contributed by atoms with Crippen molar-refractivity contribution in [2.45, 2.75) is 19.1 Å². The second-order valence-corrected chi connectivity index (χ2v) is 8.54. The lowest BCUT2D eigenvalue weighted by molar-refractivity contribution is 0.0990. The number of tetrazole rings is 1. The molecule has 1 fully saturated rings. The number of piperazine rings is 1. The first kappa shape index (κ1) is 22.3. The number of hydrogen-bond acceptors (Lipinski definition) is 5. The Kier molecular flexibility index (Phi) is 6.69. The third kappa shape index (κ3) is 5.03. The Morgan fingerprint density at radius 3 is 2.15 bits per heavy atom. The molecular weight excluding hydrogens is 434 g/mol. The van der Waals surface area contributed by atoms with Gasteiger partial charge < -0.3 is 0 Å². The van der Waals surface area contributed by atoms with Crippen LogP contribution in [0.1, 0.15) is 28.6 Å².